The fourth-order valence-electron chi connectivity index (χ4n) is 3.00. The third kappa shape index (κ3) is 4.43. The van der Waals surface area contributed by atoms with Crippen LogP contribution in [0.4, 0.5) is 5.82 Å². The Kier molecular flexibility index (Phi) is 5.93. The van der Waals surface area contributed by atoms with E-state index in [9.17, 15) is 4.79 Å². The van der Waals surface area contributed by atoms with Gasteiger partial charge in [0.15, 0.2) is 0 Å². The molecule has 138 valence electrons. The molecule has 0 aliphatic carbocycles. The zero-order valence-electron chi connectivity index (χ0n) is 14.9. The lowest BCUT2D eigenvalue weighted by Gasteiger charge is -2.32. The Balaban J connectivity index is 1.74. The van der Waals surface area contributed by atoms with Crippen LogP contribution in [0.3, 0.4) is 0 Å². The lowest BCUT2D eigenvalue weighted by molar-refractivity contribution is -0.148. The highest BCUT2D eigenvalue weighted by molar-refractivity contribution is 6.32. The van der Waals surface area contributed by atoms with Crippen molar-refractivity contribution < 1.29 is 14.3 Å². The molecule has 1 aliphatic heterocycles. The van der Waals surface area contributed by atoms with E-state index in [1.165, 1.54) is 6.33 Å². The Labute approximate surface area is 158 Å². The third-order valence-corrected chi connectivity index (χ3v) is 4.61. The summed E-state index contributed by atoms with van der Waals surface area (Å²) < 4.78 is 11.0. The number of carbonyl (C=O) groups excluding carboxylic acids is 1. The number of aromatic nitrogens is 2. The number of halogens is 1. The number of aryl methyl sites for hydroxylation is 1. The number of anilines is 1. The highest BCUT2D eigenvalue weighted by Gasteiger charge is 2.27. The van der Waals surface area contributed by atoms with E-state index >= 15 is 0 Å². The van der Waals surface area contributed by atoms with Crippen LogP contribution >= 0.6 is 11.6 Å². The van der Waals surface area contributed by atoms with E-state index in [4.69, 9.17) is 21.1 Å². The first-order valence-corrected chi connectivity index (χ1v) is 9.12. The smallest absolute Gasteiger partial charge is 0.310 e. The molecule has 2 heterocycles. The van der Waals surface area contributed by atoms with Crippen molar-refractivity contribution in [2.24, 2.45) is 5.92 Å². The number of benzene rings is 1. The van der Waals surface area contributed by atoms with Gasteiger partial charge in [-0.3, -0.25) is 4.79 Å². The summed E-state index contributed by atoms with van der Waals surface area (Å²) in [5.74, 6) is 1.43. The van der Waals surface area contributed by atoms with Gasteiger partial charge < -0.3 is 14.4 Å². The van der Waals surface area contributed by atoms with E-state index < -0.39 is 0 Å². The molecule has 0 N–H and O–H groups in total. The molecule has 0 bridgehead atoms. The molecule has 6 nitrogen and oxygen atoms in total. The minimum atomic E-state index is -0.144. The third-order valence-electron chi connectivity index (χ3n) is 4.29. The number of hydrogen-bond acceptors (Lipinski definition) is 6. The molecule has 0 amide bonds. The van der Waals surface area contributed by atoms with Gasteiger partial charge in [-0.1, -0.05) is 17.7 Å². The van der Waals surface area contributed by atoms with Crippen LogP contribution in [0.1, 0.15) is 25.3 Å². The number of rotatable bonds is 5. The minimum absolute atomic E-state index is 0.130. The molecule has 1 saturated heterocycles. The van der Waals surface area contributed by atoms with Gasteiger partial charge >= 0.3 is 5.97 Å². The molecule has 0 unspecified atom stereocenters. The number of hydrogen-bond donors (Lipinski definition) is 0. The summed E-state index contributed by atoms with van der Waals surface area (Å²) in [5, 5.41) is 0.524. The molecular weight excluding hydrogens is 354 g/mol. The number of nitrogens with zero attached hydrogens (tertiary/aromatic N) is 3. The predicted molar refractivity (Wildman–Crippen MR) is 99.9 cm³/mol. The van der Waals surface area contributed by atoms with Gasteiger partial charge in [0.05, 0.1) is 17.5 Å². The molecule has 0 saturated carbocycles. The van der Waals surface area contributed by atoms with Gasteiger partial charge in [-0.05, 0) is 44.4 Å². The van der Waals surface area contributed by atoms with Crippen LogP contribution in [-0.2, 0) is 9.53 Å². The van der Waals surface area contributed by atoms with Gasteiger partial charge in [0.25, 0.3) is 0 Å². The quantitative estimate of drug-likeness (QED) is 0.736. The van der Waals surface area contributed by atoms with Crippen molar-refractivity contribution in [3.05, 3.63) is 41.2 Å². The summed E-state index contributed by atoms with van der Waals surface area (Å²) in [5.41, 5.74) is 1.05. The molecule has 0 radical (unpaired) electrons. The van der Waals surface area contributed by atoms with Gasteiger partial charge in [-0.15, -0.1) is 0 Å². The van der Waals surface area contributed by atoms with Crippen LogP contribution in [0.5, 0.6) is 11.6 Å². The second-order valence-corrected chi connectivity index (χ2v) is 6.69. The topological polar surface area (TPSA) is 64.5 Å². The Hall–Kier alpha value is -2.34. The number of carbonyl (C=O) groups is 1. The summed E-state index contributed by atoms with van der Waals surface area (Å²) in [7, 11) is 0. The molecular formula is C19H22ClN3O3. The van der Waals surface area contributed by atoms with Crippen LogP contribution in [0.25, 0.3) is 0 Å². The van der Waals surface area contributed by atoms with E-state index in [0.717, 1.165) is 30.8 Å². The fraction of sp³-hybridized carbons (Fsp3) is 0.421. The molecule has 3 rings (SSSR count). The average molecular weight is 376 g/mol. The summed E-state index contributed by atoms with van der Waals surface area (Å²) >= 11 is 6.19. The van der Waals surface area contributed by atoms with Crippen LogP contribution in [-0.4, -0.2) is 35.6 Å². The maximum atomic E-state index is 12.0. The van der Waals surface area contributed by atoms with Crippen LogP contribution < -0.4 is 9.64 Å². The molecule has 26 heavy (non-hydrogen) atoms. The molecule has 1 atom stereocenters. The first kappa shape index (κ1) is 18.5. The molecule has 1 fully saturated rings. The van der Waals surface area contributed by atoms with E-state index in [1.54, 1.807) is 12.1 Å². The highest BCUT2D eigenvalue weighted by Crippen LogP contribution is 2.31. The first-order valence-electron chi connectivity index (χ1n) is 8.74. The van der Waals surface area contributed by atoms with Crippen molar-refractivity contribution >= 4 is 23.4 Å². The monoisotopic (exact) mass is 375 g/mol. The van der Waals surface area contributed by atoms with Crippen LogP contribution in [0.2, 0.25) is 5.02 Å². The summed E-state index contributed by atoms with van der Waals surface area (Å²) in [6.07, 6.45) is 3.21. The van der Waals surface area contributed by atoms with Gasteiger partial charge in [-0.2, -0.15) is 0 Å². The largest absolute Gasteiger partial charge is 0.466 e. The highest BCUT2D eigenvalue weighted by atomic mass is 35.5. The van der Waals surface area contributed by atoms with Crippen molar-refractivity contribution in [3.8, 4) is 11.6 Å². The van der Waals surface area contributed by atoms with Crippen molar-refractivity contribution in [1.29, 1.82) is 0 Å². The van der Waals surface area contributed by atoms with Gasteiger partial charge in [0, 0.05) is 19.2 Å². The summed E-state index contributed by atoms with van der Waals surface area (Å²) in [6, 6.07) is 7.35. The maximum Gasteiger partial charge on any atom is 0.310 e. The maximum absolute atomic E-state index is 12.0. The zero-order chi connectivity index (χ0) is 18.5. The lowest BCUT2D eigenvalue weighted by atomic mass is 9.98. The van der Waals surface area contributed by atoms with Crippen molar-refractivity contribution in [3.63, 3.8) is 0 Å². The molecule has 2 aromatic rings. The molecule has 0 spiro atoms. The van der Waals surface area contributed by atoms with Gasteiger partial charge in [0.2, 0.25) is 5.88 Å². The van der Waals surface area contributed by atoms with Crippen LogP contribution in [0.15, 0.2) is 30.6 Å². The standard InChI is InChI=1S/C19H22ClN3O3/c1-3-25-19(24)14-5-4-8-23(11-14)17-10-18(22-12-21-17)26-16-9-13(2)6-7-15(16)20/h6-7,9-10,12,14H,3-5,8,11H2,1-2H3/t14-/m1/s1. The SMILES string of the molecule is CCOC(=O)[C@@H]1CCCN(c2cc(Oc3cc(C)ccc3Cl)ncn2)C1. The number of esters is 1. The predicted octanol–water partition coefficient (Wildman–Crippen LogP) is 4.01. The average Bonchev–Trinajstić information content (AvgIpc) is 2.65. The number of ether oxygens (including phenoxy) is 2. The van der Waals surface area contributed by atoms with Gasteiger partial charge in [0.1, 0.15) is 17.9 Å². The Morgan fingerprint density at radius 3 is 3.00 bits per heavy atom. The zero-order valence-corrected chi connectivity index (χ0v) is 15.7. The van der Waals surface area contributed by atoms with Gasteiger partial charge in [-0.25, -0.2) is 9.97 Å². The van der Waals surface area contributed by atoms with E-state index in [-0.39, 0.29) is 11.9 Å². The second-order valence-electron chi connectivity index (χ2n) is 6.29. The first-order chi connectivity index (χ1) is 12.6. The molecule has 1 aromatic carbocycles. The Bertz CT molecular complexity index is 784. The van der Waals surface area contributed by atoms with Crippen molar-refractivity contribution in [1.82, 2.24) is 9.97 Å². The van der Waals surface area contributed by atoms with Crippen molar-refractivity contribution in [2.45, 2.75) is 26.7 Å². The van der Waals surface area contributed by atoms with Crippen LogP contribution in [0, 0.1) is 12.8 Å². The van der Waals surface area contributed by atoms with E-state index in [0.29, 0.717) is 29.8 Å². The normalized spacial score (nSPS) is 17.0. The summed E-state index contributed by atoms with van der Waals surface area (Å²) in [6.45, 7) is 5.61. The number of piperidine rings is 1. The Morgan fingerprint density at radius 1 is 1.35 bits per heavy atom. The second kappa shape index (κ2) is 8.36. The van der Waals surface area contributed by atoms with Crippen molar-refractivity contribution in [2.75, 3.05) is 24.6 Å². The van der Waals surface area contributed by atoms with E-state index in [2.05, 4.69) is 14.9 Å². The summed E-state index contributed by atoms with van der Waals surface area (Å²) in [4.78, 5) is 22.6. The Morgan fingerprint density at radius 2 is 2.19 bits per heavy atom. The minimum Gasteiger partial charge on any atom is -0.466 e. The molecule has 1 aliphatic rings. The fourth-order valence-corrected chi connectivity index (χ4v) is 3.15. The molecule has 7 heteroatoms. The molecule has 1 aromatic heterocycles. The lowest BCUT2D eigenvalue weighted by Crippen LogP contribution is -2.39. The van der Waals surface area contributed by atoms with E-state index in [1.807, 2.05) is 26.0 Å².